The van der Waals surface area contributed by atoms with E-state index in [-0.39, 0.29) is 36.2 Å². The van der Waals surface area contributed by atoms with Crippen molar-refractivity contribution in [2.45, 2.75) is 95.6 Å². The summed E-state index contributed by atoms with van der Waals surface area (Å²) in [6.45, 7) is 0.779. The van der Waals surface area contributed by atoms with Crippen LogP contribution < -0.4 is 10.5 Å². The minimum atomic E-state index is -3.73. The van der Waals surface area contributed by atoms with Gasteiger partial charge in [-0.15, -0.1) is 0 Å². The molecule has 1 aromatic heterocycles. The Kier molecular flexibility index (Phi) is 13.4. The van der Waals surface area contributed by atoms with Gasteiger partial charge in [-0.1, -0.05) is 60.4 Å². The van der Waals surface area contributed by atoms with Gasteiger partial charge in [0.25, 0.3) is 5.89 Å². The number of ketones is 2. The summed E-state index contributed by atoms with van der Waals surface area (Å²) in [5.74, 6) is -1.73. The lowest BCUT2D eigenvalue weighted by molar-refractivity contribution is -0.139. The first-order chi connectivity index (χ1) is 24.0. The number of hydrogen-bond donors (Lipinski definition) is 2. The average Bonchev–Trinajstić information content (AvgIpc) is 3.74. The van der Waals surface area contributed by atoms with Crippen LogP contribution in [0.25, 0.3) is 11.1 Å². The third kappa shape index (κ3) is 10.6. The van der Waals surface area contributed by atoms with E-state index in [2.05, 4.69) is 9.71 Å². The highest BCUT2D eigenvalue weighted by molar-refractivity contribution is 7.88. The zero-order chi connectivity index (χ0) is 35.7. The molecule has 270 valence electrons. The number of oxazole rings is 1. The number of amides is 1. The van der Waals surface area contributed by atoms with Crippen LogP contribution in [0.3, 0.4) is 0 Å². The van der Waals surface area contributed by atoms with Crippen LogP contribution in [0.2, 0.25) is 5.02 Å². The van der Waals surface area contributed by atoms with Crippen molar-refractivity contribution in [1.29, 1.82) is 0 Å². The van der Waals surface area contributed by atoms with E-state index in [0.29, 0.717) is 54.9 Å². The predicted octanol–water partition coefficient (Wildman–Crippen LogP) is 6.42. The number of unbranched alkanes of at least 4 members (excludes halogenated alkanes) is 1. The van der Waals surface area contributed by atoms with Gasteiger partial charge in [-0.3, -0.25) is 14.4 Å². The maximum absolute atomic E-state index is 14.3. The van der Waals surface area contributed by atoms with E-state index < -0.39 is 33.9 Å². The van der Waals surface area contributed by atoms with E-state index in [4.69, 9.17) is 21.8 Å². The maximum atomic E-state index is 14.3. The lowest BCUT2D eigenvalue weighted by Gasteiger charge is -2.29. The number of Topliss-reactive ketones (excluding diaryl/α,β-unsaturated/α-hetero) is 2. The molecule has 12 heteroatoms. The second-order valence-corrected chi connectivity index (χ2v) is 16.1. The van der Waals surface area contributed by atoms with E-state index in [1.165, 1.54) is 12.0 Å². The van der Waals surface area contributed by atoms with Gasteiger partial charge in [0.1, 0.15) is 11.6 Å². The van der Waals surface area contributed by atoms with Gasteiger partial charge >= 0.3 is 0 Å². The molecule has 1 saturated heterocycles. The molecule has 0 unspecified atom stereocenters. The first-order valence-corrected chi connectivity index (χ1v) is 20.1. The van der Waals surface area contributed by atoms with Crippen LogP contribution in [-0.4, -0.2) is 67.2 Å². The molecule has 50 heavy (non-hydrogen) atoms. The van der Waals surface area contributed by atoms with Gasteiger partial charge in [-0.05, 0) is 106 Å². The summed E-state index contributed by atoms with van der Waals surface area (Å²) in [5.41, 5.74) is 9.14. The highest BCUT2D eigenvalue weighted by Gasteiger charge is 2.43. The lowest BCUT2D eigenvalue weighted by Crippen LogP contribution is -2.51. The third-order valence-electron chi connectivity index (χ3n) is 9.92. The Hall–Kier alpha value is -3.38. The number of benzene rings is 2. The second-order valence-electron chi connectivity index (χ2n) is 13.9. The van der Waals surface area contributed by atoms with Crippen LogP contribution in [0, 0.1) is 11.8 Å². The summed E-state index contributed by atoms with van der Waals surface area (Å²) in [4.78, 5) is 48.4. The van der Waals surface area contributed by atoms with Crippen LogP contribution in [0.5, 0.6) is 0 Å². The lowest BCUT2D eigenvalue weighted by atomic mass is 9.88. The topological polar surface area (TPSA) is 153 Å². The largest absolute Gasteiger partial charge is 0.434 e. The summed E-state index contributed by atoms with van der Waals surface area (Å²) in [6, 6.07) is 12.9. The van der Waals surface area contributed by atoms with Crippen LogP contribution in [0.4, 0.5) is 0 Å². The molecule has 2 fully saturated rings. The van der Waals surface area contributed by atoms with Crippen LogP contribution in [-0.2, 0) is 26.0 Å². The second kappa shape index (κ2) is 17.7. The van der Waals surface area contributed by atoms with Crippen molar-refractivity contribution in [1.82, 2.24) is 14.6 Å². The summed E-state index contributed by atoms with van der Waals surface area (Å²) in [7, 11) is -3.73. The average molecular weight is 725 g/mol. The number of aromatic nitrogens is 1. The molecular weight excluding hydrogens is 676 g/mol. The molecular formula is C38H49ClN4O6S. The number of nitrogens with zero attached hydrogens (tertiary/aromatic N) is 2. The van der Waals surface area contributed by atoms with Crippen molar-refractivity contribution in [2.24, 2.45) is 17.6 Å². The number of hydrogen-bond acceptors (Lipinski definition) is 8. The van der Waals surface area contributed by atoms with Crippen LogP contribution >= 0.6 is 11.6 Å². The van der Waals surface area contributed by atoms with Crippen molar-refractivity contribution < 1.29 is 27.2 Å². The molecule has 3 N–H and O–H groups in total. The van der Waals surface area contributed by atoms with Crippen molar-refractivity contribution in [3.63, 3.8) is 0 Å². The fourth-order valence-electron chi connectivity index (χ4n) is 7.25. The van der Waals surface area contributed by atoms with E-state index in [9.17, 15) is 22.8 Å². The summed E-state index contributed by atoms with van der Waals surface area (Å²) < 4.78 is 33.3. The Morgan fingerprint density at radius 1 is 1.08 bits per heavy atom. The summed E-state index contributed by atoms with van der Waals surface area (Å²) in [6.07, 6.45) is 12.0. The Bertz CT molecular complexity index is 1730. The number of allylic oxidation sites excluding steroid dienone is 1. The molecule has 0 bridgehead atoms. The maximum Gasteiger partial charge on any atom is 0.264 e. The first kappa shape index (κ1) is 37.9. The smallest absolute Gasteiger partial charge is 0.264 e. The van der Waals surface area contributed by atoms with Crippen molar-refractivity contribution in [3.05, 3.63) is 76.7 Å². The Labute approximate surface area is 300 Å². The number of halogens is 1. The number of sulfonamides is 1. The summed E-state index contributed by atoms with van der Waals surface area (Å²) >= 11 is 6.09. The molecule has 1 aliphatic carbocycles. The number of carbonyl (C=O) groups is 3. The number of carbonyl (C=O) groups excluding carboxylic acids is 3. The fourth-order valence-corrected chi connectivity index (χ4v) is 8.09. The monoisotopic (exact) mass is 724 g/mol. The van der Waals surface area contributed by atoms with Crippen molar-refractivity contribution >= 4 is 50.2 Å². The van der Waals surface area contributed by atoms with Gasteiger partial charge in [0.15, 0.2) is 11.4 Å². The molecule has 10 nitrogen and oxygen atoms in total. The van der Waals surface area contributed by atoms with Gasteiger partial charge in [0.05, 0.1) is 12.3 Å². The van der Waals surface area contributed by atoms with Crippen molar-refractivity contribution in [2.75, 3.05) is 19.3 Å². The predicted molar refractivity (Wildman–Crippen MR) is 195 cm³/mol. The molecule has 2 aliphatic rings. The molecule has 2 heterocycles. The van der Waals surface area contributed by atoms with Crippen molar-refractivity contribution in [3.8, 4) is 0 Å². The van der Waals surface area contributed by atoms with E-state index in [0.717, 1.165) is 50.3 Å². The van der Waals surface area contributed by atoms with Gasteiger partial charge in [-0.2, -0.15) is 0 Å². The van der Waals surface area contributed by atoms with Crippen LogP contribution in [0.15, 0.2) is 64.6 Å². The number of para-hydroxylation sites is 2. The quantitative estimate of drug-likeness (QED) is 0.0920. The zero-order valence-corrected chi connectivity index (χ0v) is 30.4. The van der Waals surface area contributed by atoms with Gasteiger partial charge in [0, 0.05) is 23.9 Å². The molecule has 0 spiro atoms. The molecule has 4 atom stereocenters. The molecule has 5 rings (SSSR count). The van der Waals surface area contributed by atoms with E-state index >= 15 is 0 Å². The number of nitrogens with one attached hydrogen (secondary N) is 1. The third-order valence-corrected chi connectivity index (χ3v) is 10.9. The number of likely N-dealkylation sites (tertiary alicyclic amines) is 1. The summed E-state index contributed by atoms with van der Waals surface area (Å²) in [5, 5.41) is 0.651. The number of fused-ring (bicyclic) bond motifs is 1. The molecule has 1 aliphatic heterocycles. The first-order valence-electron chi connectivity index (χ1n) is 17.8. The minimum absolute atomic E-state index is 0.00240. The van der Waals surface area contributed by atoms with Crippen LogP contribution in [0.1, 0.15) is 93.3 Å². The van der Waals surface area contributed by atoms with Gasteiger partial charge in [-0.25, -0.2) is 18.1 Å². The highest BCUT2D eigenvalue weighted by Crippen LogP contribution is 2.32. The standard InChI is InChI=1S/C38H49ClN4O6S/c1-50(47,48)42-32(21-18-26-9-3-2-4-10-26)38(46)43-25-28(15-14-27-16-19-30(39)20-17-27)23-33(43)34(44)24-29(11-7-8-22-40)36(45)37-41-31-12-5-6-13-35(31)49-37/h5-6,12-13,16-20,28-29,32-33,42H,2-4,7-11,14-15,21-25,40H2,1H3/t28-,29-,32-,33+/m1/s1. The Morgan fingerprint density at radius 2 is 1.82 bits per heavy atom. The molecule has 2 aromatic carbocycles. The molecule has 1 saturated carbocycles. The van der Waals surface area contributed by atoms with Gasteiger partial charge < -0.3 is 15.1 Å². The number of aryl methyl sites for hydroxylation is 1. The number of nitrogens with two attached hydrogens (primary N) is 1. The van der Waals surface area contributed by atoms with Gasteiger partial charge in [0.2, 0.25) is 21.7 Å². The molecule has 1 amide bonds. The molecule has 0 radical (unpaired) electrons. The fraction of sp³-hybridized carbons (Fsp3) is 0.526. The normalized spacial score (nSPS) is 19.4. The number of rotatable bonds is 17. The Morgan fingerprint density at radius 3 is 2.52 bits per heavy atom. The Balaban J connectivity index is 1.39. The van der Waals surface area contributed by atoms with E-state index in [1.54, 1.807) is 23.1 Å². The zero-order valence-electron chi connectivity index (χ0n) is 28.8. The SMILES string of the molecule is CS(=O)(=O)N[C@H](CC=C1CCCCC1)C(=O)N1C[C@H](CCc2ccc(Cl)cc2)C[C@H]1C(=O)C[C@@H](CCCCN)C(=O)c1nc2ccccc2o1. The minimum Gasteiger partial charge on any atom is -0.434 e. The molecule has 3 aromatic rings. The highest BCUT2D eigenvalue weighted by atomic mass is 35.5. The van der Waals surface area contributed by atoms with E-state index in [1.807, 2.05) is 36.4 Å².